The molecule has 0 aliphatic carbocycles. The quantitative estimate of drug-likeness (QED) is 0.494. The Morgan fingerprint density at radius 2 is 2.60 bits per heavy atom. The summed E-state index contributed by atoms with van der Waals surface area (Å²) in [5.41, 5.74) is 0. The average Bonchev–Trinajstić information content (AvgIpc) is 1.41. The first-order valence-electron chi connectivity index (χ1n) is 1.34. The maximum Gasteiger partial charge on any atom is 0.0952 e. The summed E-state index contributed by atoms with van der Waals surface area (Å²) in [5, 5.41) is 9.45. The minimum atomic E-state index is -0.0683. The molecule has 0 fully saturated rings. The van der Waals surface area contributed by atoms with Crippen molar-refractivity contribution in [1.82, 2.24) is 0 Å². The Labute approximate surface area is 36.4 Å². The molecule has 5 heavy (non-hydrogen) atoms. The normalized spacial score (nSPS) is 8.40. The zero-order chi connectivity index (χ0) is 4.12. The third kappa shape index (κ3) is 4.31. The van der Waals surface area contributed by atoms with E-state index < -0.39 is 0 Å². The molecule has 0 saturated heterocycles. The molecule has 30 valence electrons. The molecule has 0 aliphatic heterocycles. The zero-order valence-electron chi connectivity index (χ0n) is 3.10. The van der Waals surface area contributed by atoms with Gasteiger partial charge in [0.15, 0.2) is 0 Å². The molecule has 0 unspecified atom stereocenters. The summed E-state index contributed by atoms with van der Waals surface area (Å²) < 4.78 is 0. The van der Waals surface area contributed by atoms with Crippen LogP contribution in [0.4, 0.5) is 0 Å². The maximum absolute atomic E-state index is 9.45. The van der Waals surface area contributed by atoms with E-state index in [0.29, 0.717) is 0 Å². The van der Waals surface area contributed by atoms with Gasteiger partial charge in [-0.15, -0.1) is 0 Å². The van der Waals surface area contributed by atoms with Crippen molar-refractivity contribution in [3.05, 3.63) is 5.75 Å². The molecule has 0 rings (SSSR count). The molecular weight excluding hydrogens is 84.1 g/mol. The minimum absolute atomic E-state index is 0.0683. The van der Waals surface area contributed by atoms with Gasteiger partial charge in [0.25, 0.3) is 0 Å². The Hall–Kier alpha value is 0.310. The van der Waals surface area contributed by atoms with Crippen molar-refractivity contribution in [2.24, 2.45) is 0 Å². The topological polar surface area (TPSA) is 19.9 Å². The average molecular weight is 90.1 g/mol. The first-order valence-corrected chi connectivity index (χ1v) is 2.63. The van der Waals surface area contributed by atoms with Crippen molar-refractivity contribution >= 4 is 11.8 Å². The van der Waals surface area contributed by atoms with Crippen LogP contribution in [0, 0.1) is 5.75 Å². The predicted octanol–water partition coefficient (Wildman–Crippen LogP) is 0.942. The molecule has 0 saturated carbocycles. The van der Waals surface area contributed by atoms with Crippen LogP contribution in [0.2, 0.25) is 0 Å². The summed E-state index contributed by atoms with van der Waals surface area (Å²) in [7, 11) is 0. The highest BCUT2D eigenvalue weighted by molar-refractivity contribution is 8.00. The molecule has 2 heteroatoms. The highest BCUT2D eigenvalue weighted by Crippen LogP contribution is 1.93. The molecule has 2 radical (unpaired) electrons. The fraction of sp³-hybridized carbons (Fsp3) is 0.667. The van der Waals surface area contributed by atoms with Gasteiger partial charge in [0, 0.05) is 5.75 Å². The zero-order valence-corrected chi connectivity index (χ0v) is 3.92. The largest absolute Gasteiger partial charge is 0.235 e. The molecule has 0 aromatic carbocycles. The van der Waals surface area contributed by atoms with Gasteiger partial charge in [0.05, 0.1) is 6.61 Å². The second-order valence-electron chi connectivity index (χ2n) is 0.569. The second-order valence-corrected chi connectivity index (χ2v) is 1.37. The van der Waals surface area contributed by atoms with Gasteiger partial charge in [-0.3, -0.25) is 0 Å². The molecule has 0 N–H and O–H groups in total. The van der Waals surface area contributed by atoms with Gasteiger partial charge in [-0.2, -0.15) is 11.8 Å². The second kappa shape index (κ2) is 4.31. The Morgan fingerprint density at radius 1 is 2.00 bits per heavy atom. The highest BCUT2D eigenvalue weighted by atomic mass is 32.2. The van der Waals surface area contributed by atoms with Gasteiger partial charge in [0.2, 0.25) is 0 Å². The van der Waals surface area contributed by atoms with Crippen molar-refractivity contribution < 1.29 is 5.11 Å². The fourth-order valence-electron chi connectivity index (χ4n) is 0.0680. The summed E-state index contributed by atoms with van der Waals surface area (Å²) in [4.78, 5) is 0. The van der Waals surface area contributed by atoms with Crippen LogP contribution in [0.1, 0.15) is 0 Å². The van der Waals surface area contributed by atoms with Crippen LogP contribution in [0.3, 0.4) is 0 Å². The molecule has 0 aromatic rings. The third-order valence-corrected chi connectivity index (χ3v) is 0.704. The summed E-state index contributed by atoms with van der Waals surface area (Å²) >= 11 is 1.46. The summed E-state index contributed by atoms with van der Waals surface area (Å²) in [5.74, 6) is 1.61. The molecule has 0 atom stereocenters. The predicted molar refractivity (Wildman–Crippen MR) is 23.4 cm³/mol. The Balaban J connectivity index is 2.19. The van der Waals surface area contributed by atoms with E-state index in [9.17, 15) is 5.11 Å². The van der Waals surface area contributed by atoms with Crippen LogP contribution in [-0.2, 0) is 5.11 Å². The molecule has 0 amide bonds. The van der Waals surface area contributed by atoms with E-state index in [1.807, 2.05) is 6.26 Å². The third-order valence-electron chi connectivity index (χ3n) is 0.235. The highest BCUT2D eigenvalue weighted by Gasteiger charge is 1.72. The van der Waals surface area contributed by atoms with E-state index in [-0.39, 0.29) is 6.61 Å². The maximum atomic E-state index is 9.45. The first kappa shape index (κ1) is 5.31. The lowest BCUT2D eigenvalue weighted by atomic mass is 10.9. The van der Waals surface area contributed by atoms with E-state index >= 15 is 0 Å². The van der Waals surface area contributed by atoms with Crippen molar-refractivity contribution in [3.63, 3.8) is 0 Å². The number of rotatable bonds is 2. The Kier molecular flexibility index (Phi) is 4.58. The lowest BCUT2D eigenvalue weighted by Crippen LogP contribution is -1.69. The minimum Gasteiger partial charge on any atom is -0.235 e. The number of hydrogen-bond acceptors (Lipinski definition) is 1. The van der Waals surface area contributed by atoms with Gasteiger partial charge >= 0.3 is 0 Å². The van der Waals surface area contributed by atoms with Gasteiger partial charge in [-0.05, 0) is 6.26 Å². The monoisotopic (exact) mass is 90.0 g/mol. The van der Waals surface area contributed by atoms with E-state index in [1.54, 1.807) is 5.75 Å². The van der Waals surface area contributed by atoms with Crippen LogP contribution in [0.25, 0.3) is 0 Å². The first-order chi connectivity index (χ1) is 2.41. The molecule has 0 heterocycles. The van der Waals surface area contributed by atoms with E-state index in [1.165, 1.54) is 11.8 Å². The van der Waals surface area contributed by atoms with E-state index in [0.717, 1.165) is 0 Å². The Morgan fingerprint density at radius 3 is 2.60 bits per heavy atom. The number of hydrogen-bond donors (Lipinski definition) is 0. The van der Waals surface area contributed by atoms with Crippen molar-refractivity contribution in [3.8, 4) is 0 Å². The van der Waals surface area contributed by atoms with Gasteiger partial charge in [0.1, 0.15) is 0 Å². The van der Waals surface area contributed by atoms with E-state index in [4.69, 9.17) is 0 Å². The molecule has 1 nitrogen and oxygen atoms in total. The number of thioether (sulfide) groups is 1. The molecule has 0 bridgehead atoms. The van der Waals surface area contributed by atoms with Crippen molar-refractivity contribution in [2.75, 3.05) is 12.9 Å². The lowest BCUT2D eigenvalue weighted by molar-refractivity contribution is 0.228. The summed E-state index contributed by atoms with van der Waals surface area (Å²) in [6, 6.07) is 0. The van der Waals surface area contributed by atoms with Crippen molar-refractivity contribution in [1.29, 1.82) is 0 Å². The smallest absolute Gasteiger partial charge is 0.0952 e. The van der Waals surface area contributed by atoms with Gasteiger partial charge in [-0.1, -0.05) is 0 Å². The SMILES string of the molecule is CS[CH]C[O]. The summed E-state index contributed by atoms with van der Waals surface area (Å²) in [6.45, 7) is -0.0683. The van der Waals surface area contributed by atoms with Crippen LogP contribution in [-0.4, -0.2) is 12.9 Å². The Bertz CT molecular complexity index is 14.4. The molecular formula is C3H6OS. The van der Waals surface area contributed by atoms with E-state index in [2.05, 4.69) is 0 Å². The van der Waals surface area contributed by atoms with Crippen LogP contribution in [0.5, 0.6) is 0 Å². The van der Waals surface area contributed by atoms with Crippen LogP contribution >= 0.6 is 11.8 Å². The molecule has 0 aliphatic rings. The summed E-state index contributed by atoms with van der Waals surface area (Å²) in [6.07, 6.45) is 1.87. The standard InChI is InChI=1S/C3H6OS/c1-5-3-2-4/h3H,2H2,1H3. The fourth-order valence-corrected chi connectivity index (χ4v) is 0.204. The molecule has 0 aromatic heterocycles. The van der Waals surface area contributed by atoms with Gasteiger partial charge < -0.3 is 0 Å². The van der Waals surface area contributed by atoms with Gasteiger partial charge in [-0.25, -0.2) is 5.11 Å². The van der Waals surface area contributed by atoms with Crippen LogP contribution in [0.15, 0.2) is 0 Å². The van der Waals surface area contributed by atoms with Crippen molar-refractivity contribution in [2.45, 2.75) is 0 Å². The lowest BCUT2D eigenvalue weighted by Gasteiger charge is -1.76. The van der Waals surface area contributed by atoms with Crippen LogP contribution < -0.4 is 0 Å². The molecule has 0 spiro atoms.